The second-order valence-electron chi connectivity index (χ2n) is 7.55. The fourth-order valence-electron chi connectivity index (χ4n) is 2.84. The molecule has 9 heteroatoms. The Bertz CT molecular complexity index is 819. The average molecular weight is 461 g/mol. The van der Waals surface area contributed by atoms with Crippen molar-refractivity contribution in [3.8, 4) is 0 Å². The molecule has 1 aromatic carbocycles. The smallest absolute Gasteiger partial charge is 0.410 e. The SMILES string of the molecule is CC1CN(C(=O)OC(C)(C)C)CCN1C(=O)CS(=O)(=O)c1ccccc1Br. The van der Waals surface area contributed by atoms with Gasteiger partial charge < -0.3 is 14.5 Å². The zero-order chi connectivity index (χ0) is 20.4. The number of nitrogens with zero attached hydrogens (tertiary/aromatic N) is 2. The van der Waals surface area contributed by atoms with Gasteiger partial charge in [-0.25, -0.2) is 13.2 Å². The van der Waals surface area contributed by atoms with E-state index in [9.17, 15) is 18.0 Å². The molecule has 0 saturated carbocycles. The molecule has 1 aliphatic heterocycles. The van der Waals surface area contributed by atoms with E-state index in [2.05, 4.69) is 15.9 Å². The third-order valence-corrected chi connectivity index (χ3v) is 6.69. The van der Waals surface area contributed by atoms with Crippen molar-refractivity contribution < 1.29 is 22.7 Å². The minimum Gasteiger partial charge on any atom is -0.444 e. The molecule has 1 aromatic rings. The fraction of sp³-hybridized carbons (Fsp3) is 0.556. The molecule has 0 aliphatic carbocycles. The number of benzene rings is 1. The maximum Gasteiger partial charge on any atom is 0.410 e. The fourth-order valence-corrected chi connectivity index (χ4v) is 5.16. The van der Waals surface area contributed by atoms with Crippen LogP contribution in [0.3, 0.4) is 0 Å². The minimum absolute atomic E-state index is 0.0957. The van der Waals surface area contributed by atoms with E-state index in [4.69, 9.17) is 4.74 Å². The first-order valence-electron chi connectivity index (χ1n) is 8.65. The predicted molar refractivity (Wildman–Crippen MR) is 105 cm³/mol. The number of hydrogen-bond donors (Lipinski definition) is 0. The third-order valence-electron chi connectivity index (χ3n) is 4.08. The van der Waals surface area contributed by atoms with Gasteiger partial charge in [0, 0.05) is 30.1 Å². The van der Waals surface area contributed by atoms with E-state index in [0.717, 1.165) is 0 Å². The minimum atomic E-state index is -3.76. The first-order valence-corrected chi connectivity index (χ1v) is 11.1. The molecule has 1 aliphatic rings. The molecule has 7 nitrogen and oxygen atoms in total. The van der Waals surface area contributed by atoms with Crippen molar-refractivity contribution in [3.05, 3.63) is 28.7 Å². The number of ether oxygens (including phenoxy) is 1. The van der Waals surface area contributed by atoms with Gasteiger partial charge in [-0.05, 0) is 55.8 Å². The van der Waals surface area contributed by atoms with Crippen LogP contribution < -0.4 is 0 Å². The Hall–Kier alpha value is -1.61. The maximum absolute atomic E-state index is 12.6. The van der Waals surface area contributed by atoms with Gasteiger partial charge in [0.25, 0.3) is 0 Å². The predicted octanol–water partition coefficient (Wildman–Crippen LogP) is 2.69. The van der Waals surface area contributed by atoms with Crippen LogP contribution in [0, 0.1) is 0 Å². The van der Waals surface area contributed by atoms with Crippen molar-refractivity contribution in [1.29, 1.82) is 0 Å². The number of carbonyl (C=O) groups excluding carboxylic acids is 2. The number of carbonyl (C=O) groups is 2. The summed E-state index contributed by atoms with van der Waals surface area (Å²) in [4.78, 5) is 27.9. The van der Waals surface area contributed by atoms with Gasteiger partial charge in [0.2, 0.25) is 5.91 Å². The summed E-state index contributed by atoms with van der Waals surface area (Å²) in [5.41, 5.74) is -0.593. The first kappa shape index (κ1) is 21.7. The lowest BCUT2D eigenvalue weighted by atomic mass is 10.2. The van der Waals surface area contributed by atoms with Crippen LogP contribution in [0.25, 0.3) is 0 Å². The standard InChI is InChI=1S/C18H25BrN2O5S/c1-13-11-20(17(23)26-18(2,3)4)9-10-21(13)16(22)12-27(24,25)15-8-6-5-7-14(15)19/h5-8,13H,9-12H2,1-4H3. The Labute approximate surface area is 168 Å². The molecule has 1 heterocycles. The largest absolute Gasteiger partial charge is 0.444 e. The quantitative estimate of drug-likeness (QED) is 0.691. The van der Waals surface area contributed by atoms with Crippen LogP contribution in [-0.4, -0.2) is 67.2 Å². The summed E-state index contributed by atoms with van der Waals surface area (Å²) in [6, 6.07) is 6.12. The molecule has 0 bridgehead atoms. The molecule has 0 aromatic heterocycles. The molecule has 150 valence electrons. The monoisotopic (exact) mass is 460 g/mol. The van der Waals surface area contributed by atoms with Crippen LogP contribution in [0.4, 0.5) is 4.79 Å². The Morgan fingerprint density at radius 3 is 2.41 bits per heavy atom. The summed E-state index contributed by atoms with van der Waals surface area (Å²) < 4.78 is 30.9. The maximum atomic E-state index is 12.6. The molecule has 2 rings (SSSR count). The molecule has 27 heavy (non-hydrogen) atoms. The van der Waals surface area contributed by atoms with Gasteiger partial charge >= 0.3 is 6.09 Å². The number of hydrogen-bond acceptors (Lipinski definition) is 5. The van der Waals surface area contributed by atoms with Gasteiger partial charge in [0.15, 0.2) is 9.84 Å². The number of halogens is 1. The lowest BCUT2D eigenvalue weighted by Gasteiger charge is -2.40. The summed E-state index contributed by atoms with van der Waals surface area (Å²) in [5.74, 6) is -1.08. The molecular weight excluding hydrogens is 436 g/mol. The molecule has 0 radical (unpaired) electrons. The summed E-state index contributed by atoms with van der Waals surface area (Å²) in [5, 5.41) is 0. The van der Waals surface area contributed by atoms with Crippen LogP contribution in [0.1, 0.15) is 27.7 Å². The zero-order valence-electron chi connectivity index (χ0n) is 15.9. The van der Waals surface area contributed by atoms with Crippen LogP contribution in [0.2, 0.25) is 0 Å². The van der Waals surface area contributed by atoms with E-state index in [1.165, 1.54) is 11.0 Å². The van der Waals surface area contributed by atoms with E-state index in [-0.39, 0.29) is 17.5 Å². The van der Waals surface area contributed by atoms with Crippen molar-refractivity contribution >= 4 is 37.8 Å². The molecule has 0 N–H and O–H groups in total. The highest BCUT2D eigenvalue weighted by molar-refractivity contribution is 9.10. The lowest BCUT2D eigenvalue weighted by Crippen LogP contribution is -2.57. The third kappa shape index (κ3) is 5.68. The lowest BCUT2D eigenvalue weighted by molar-refractivity contribution is -0.132. The van der Waals surface area contributed by atoms with Crippen LogP contribution in [0.15, 0.2) is 33.6 Å². The van der Waals surface area contributed by atoms with E-state index >= 15 is 0 Å². The van der Waals surface area contributed by atoms with Gasteiger partial charge in [-0.3, -0.25) is 4.79 Å². The summed E-state index contributed by atoms with van der Waals surface area (Å²) >= 11 is 3.22. The summed E-state index contributed by atoms with van der Waals surface area (Å²) in [6.45, 7) is 8.04. The van der Waals surface area contributed by atoms with E-state index in [0.29, 0.717) is 17.6 Å². The van der Waals surface area contributed by atoms with E-state index in [1.54, 1.807) is 50.8 Å². The van der Waals surface area contributed by atoms with Crippen molar-refractivity contribution in [2.24, 2.45) is 0 Å². The molecule has 2 amide bonds. The molecular formula is C18H25BrN2O5S. The van der Waals surface area contributed by atoms with E-state index in [1.807, 2.05) is 0 Å². The number of amides is 2. The van der Waals surface area contributed by atoms with Gasteiger partial charge in [-0.2, -0.15) is 0 Å². The van der Waals surface area contributed by atoms with Gasteiger partial charge in [-0.1, -0.05) is 12.1 Å². The van der Waals surface area contributed by atoms with Gasteiger partial charge in [-0.15, -0.1) is 0 Å². The van der Waals surface area contributed by atoms with Crippen molar-refractivity contribution in [2.75, 3.05) is 25.4 Å². The van der Waals surface area contributed by atoms with Crippen molar-refractivity contribution in [2.45, 2.75) is 44.2 Å². The second kappa shape index (κ2) is 8.18. The molecule has 1 fully saturated rings. The zero-order valence-corrected chi connectivity index (χ0v) is 18.3. The van der Waals surface area contributed by atoms with Crippen molar-refractivity contribution in [3.63, 3.8) is 0 Å². The molecule has 1 atom stereocenters. The second-order valence-corrected chi connectivity index (χ2v) is 10.4. The summed E-state index contributed by atoms with van der Waals surface area (Å²) in [7, 11) is -3.76. The Morgan fingerprint density at radius 2 is 1.85 bits per heavy atom. The molecule has 0 spiro atoms. The normalized spacial score (nSPS) is 18.3. The average Bonchev–Trinajstić information content (AvgIpc) is 2.52. The topological polar surface area (TPSA) is 84.0 Å². The number of piperazine rings is 1. The molecule has 1 saturated heterocycles. The first-order chi connectivity index (χ1) is 12.4. The van der Waals surface area contributed by atoms with Gasteiger partial charge in [0.05, 0.1) is 4.90 Å². The van der Waals surface area contributed by atoms with E-state index < -0.39 is 33.2 Å². The Morgan fingerprint density at radius 1 is 1.22 bits per heavy atom. The van der Waals surface area contributed by atoms with Crippen LogP contribution in [0.5, 0.6) is 0 Å². The van der Waals surface area contributed by atoms with Crippen LogP contribution >= 0.6 is 15.9 Å². The molecule has 1 unspecified atom stereocenters. The summed E-state index contributed by atoms with van der Waals surface area (Å²) in [6.07, 6.45) is -0.428. The van der Waals surface area contributed by atoms with Gasteiger partial charge in [0.1, 0.15) is 11.4 Å². The van der Waals surface area contributed by atoms with Crippen molar-refractivity contribution in [1.82, 2.24) is 9.80 Å². The number of sulfone groups is 1. The van der Waals surface area contributed by atoms with Crippen LogP contribution in [-0.2, 0) is 19.4 Å². The highest BCUT2D eigenvalue weighted by atomic mass is 79.9. The highest BCUT2D eigenvalue weighted by Crippen LogP contribution is 2.23. The Balaban J connectivity index is 2.03. The highest BCUT2D eigenvalue weighted by Gasteiger charge is 2.34. The Kier molecular flexibility index (Phi) is 6.57. The number of rotatable bonds is 3.